The van der Waals surface area contributed by atoms with Crippen LogP contribution in [0, 0.1) is 5.92 Å². The van der Waals surface area contributed by atoms with Crippen LogP contribution in [0.2, 0.25) is 0 Å². The third-order valence-corrected chi connectivity index (χ3v) is 5.45. The molecular weight excluding hydrogens is 314 g/mol. The second-order valence-electron chi connectivity index (χ2n) is 6.42. The second-order valence-corrected chi connectivity index (χ2v) is 7.37. The molecular formula is C16H19N3O3S. The van der Waals surface area contributed by atoms with Crippen molar-refractivity contribution in [2.75, 3.05) is 0 Å². The smallest absolute Gasteiger partial charge is 0.387 e. The first-order valence-electron chi connectivity index (χ1n) is 8.06. The predicted octanol–water partition coefficient (Wildman–Crippen LogP) is 2.35. The minimum absolute atomic E-state index is 0.0278. The number of aromatic nitrogens is 2. The van der Waals surface area contributed by atoms with Crippen LogP contribution in [0.1, 0.15) is 32.6 Å². The lowest BCUT2D eigenvalue weighted by Gasteiger charge is -2.29. The summed E-state index contributed by atoms with van der Waals surface area (Å²) in [5.74, 6) is 0.304. The first-order valence-corrected chi connectivity index (χ1v) is 8.94. The largest absolute Gasteiger partial charge is 0.437 e. The molecule has 2 aromatic rings. The molecule has 0 saturated heterocycles. The molecule has 0 aliphatic heterocycles. The third kappa shape index (κ3) is 2.97. The van der Waals surface area contributed by atoms with Gasteiger partial charge in [0.25, 0.3) is 5.89 Å². The Kier molecular flexibility index (Phi) is 3.60. The summed E-state index contributed by atoms with van der Waals surface area (Å²) in [5.41, 5.74) is 0. The fourth-order valence-corrected chi connectivity index (χ4v) is 3.68. The van der Waals surface area contributed by atoms with E-state index in [-0.39, 0.29) is 24.4 Å². The Morgan fingerprint density at radius 3 is 2.87 bits per heavy atom. The van der Waals surface area contributed by atoms with Crippen LogP contribution in [0.25, 0.3) is 10.8 Å². The topological polar surface area (TPSA) is 68.3 Å². The van der Waals surface area contributed by atoms with Crippen molar-refractivity contribution in [3.05, 3.63) is 28.1 Å². The first-order chi connectivity index (χ1) is 11.1. The third-order valence-electron chi connectivity index (χ3n) is 4.59. The number of hydrogen-bond acceptors (Lipinski definition) is 5. The number of amides is 1. The zero-order valence-electron chi connectivity index (χ0n) is 13.0. The van der Waals surface area contributed by atoms with E-state index in [1.54, 1.807) is 0 Å². The average molecular weight is 333 g/mol. The quantitative estimate of drug-likeness (QED) is 0.814. The van der Waals surface area contributed by atoms with Gasteiger partial charge in [0, 0.05) is 12.1 Å². The van der Waals surface area contributed by atoms with E-state index in [1.807, 2.05) is 22.4 Å². The van der Waals surface area contributed by atoms with Crippen molar-refractivity contribution >= 4 is 17.2 Å². The summed E-state index contributed by atoms with van der Waals surface area (Å²) in [6.45, 7) is 2.08. The van der Waals surface area contributed by atoms with Gasteiger partial charge in [0.1, 0.15) is 6.54 Å². The van der Waals surface area contributed by atoms with E-state index in [0.717, 1.165) is 22.4 Å². The van der Waals surface area contributed by atoms with Gasteiger partial charge in [-0.05, 0) is 50.0 Å². The molecule has 0 aromatic carbocycles. The molecule has 2 saturated carbocycles. The van der Waals surface area contributed by atoms with Gasteiger partial charge in [-0.2, -0.15) is 4.68 Å². The van der Waals surface area contributed by atoms with Crippen LogP contribution >= 0.6 is 11.3 Å². The van der Waals surface area contributed by atoms with E-state index in [4.69, 9.17) is 4.42 Å². The van der Waals surface area contributed by atoms with Gasteiger partial charge < -0.3 is 9.32 Å². The van der Waals surface area contributed by atoms with E-state index in [9.17, 15) is 9.59 Å². The number of nitrogens with zero attached hydrogens (tertiary/aromatic N) is 3. The van der Waals surface area contributed by atoms with Crippen LogP contribution in [0.3, 0.4) is 0 Å². The summed E-state index contributed by atoms with van der Waals surface area (Å²) in [6.07, 6.45) is 4.53. The average Bonchev–Trinajstić information content (AvgIpc) is 3.44. The number of carbonyl (C=O) groups is 1. The number of hydrogen-bond donors (Lipinski definition) is 0. The highest BCUT2D eigenvalue weighted by atomic mass is 32.1. The predicted molar refractivity (Wildman–Crippen MR) is 86.1 cm³/mol. The lowest BCUT2D eigenvalue weighted by Crippen LogP contribution is -2.44. The molecule has 0 N–H and O–H groups in total. The molecule has 2 aromatic heterocycles. The molecule has 2 heterocycles. The highest BCUT2D eigenvalue weighted by Gasteiger charge is 2.41. The van der Waals surface area contributed by atoms with Gasteiger partial charge in [-0.15, -0.1) is 16.4 Å². The minimum Gasteiger partial charge on any atom is -0.387 e. The van der Waals surface area contributed by atoms with E-state index in [2.05, 4.69) is 12.0 Å². The number of thiophene rings is 1. The Labute approximate surface area is 137 Å². The summed E-state index contributed by atoms with van der Waals surface area (Å²) < 4.78 is 6.32. The van der Waals surface area contributed by atoms with Crippen molar-refractivity contribution in [1.29, 1.82) is 0 Å². The molecule has 1 amide bonds. The summed E-state index contributed by atoms with van der Waals surface area (Å²) >= 11 is 1.45. The lowest BCUT2D eigenvalue weighted by molar-refractivity contribution is -0.135. The molecule has 2 aliphatic carbocycles. The molecule has 2 aliphatic rings. The maximum Gasteiger partial charge on any atom is 0.437 e. The van der Waals surface area contributed by atoms with Crippen molar-refractivity contribution in [3.8, 4) is 10.8 Å². The summed E-state index contributed by atoms with van der Waals surface area (Å²) in [6, 6.07) is 4.32. The van der Waals surface area contributed by atoms with E-state index in [0.29, 0.717) is 12.0 Å². The molecule has 0 radical (unpaired) electrons. The maximum atomic E-state index is 12.7. The number of rotatable bonds is 6. The number of carbonyl (C=O) groups excluding carboxylic acids is 1. The van der Waals surface area contributed by atoms with E-state index < -0.39 is 5.76 Å². The van der Waals surface area contributed by atoms with Gasteiger partial charge in [0.15, 0.2) is 0 Å². The van der Waals surface area contributed by atoms with Crippen LogP contribution in [-0.4, -0.2) is 32.7 Å². The molecule has 1 atom stereocenters. The zero-order chi connectivity index (χ0) is 16.0. The van der Waals surface area contributed by atoms with Crippen molar-refractivity contribution < 1.29 is 9.21 Å². The summed E-state index contributed by atoms with van der Waals surface area (Å²) in [4.78, 5) is 27.4. The molecule has 0 spiro atoms. The maximum absolute atomic E-state index is 12.7. The molecule has 4 rings (SSSR count). The molecule has 23 heavy (non-hydrogen) atoms. The standard InChI is InChI=1S/C16H19N3O3S/c1-10(11-4-5-11)19(12-6-7-12)14(20)9-18-16(21)22-15(17-18)13-3-2-8-23-13/h2-3,8,10-12H,4-7,9H2,1H3/t10-/m1/s1. The van der Waals surface area contributed by atoms with Crippen LogP contribution in [0.15, 0.2) is 26.7 Å². The molecule has 7 heteroatoms. The lowest BCUT2D eigenvalue weighted by atomic mass is 10.1. The van der Waals surface area contributed by atoms with Crippen LogP contribution in [-0.2, 0) is 11.3 Å². The van der Waals surface area contributed by atoms with E-state index in [1.165, 1.54) is 24.2 Å². The second kappa shape index (κ2) is 5.63. The van der Waals surface area contributed by atoms with Crippen molar-refractivity contribution in [3.63, 3.8) is 0 Å². The summed E-state index contributed by atoms with van der Waals surface area (Å²) in [7, 11) is 0. The van der Waals surface area contributed by atoms with Gasteiger partial charge in [-0.25, -0.2) is 4.79 Å². The van der Waals surface area contributed by atoms with Gasteiger partial charge in [-0.3, -0.25) is 4.79 Å². The molecule has 6 nitrogen and oxygen atoms in total. The normalized spacial score (nSPS) is 18.8. The minimum atomic E-state index is -0.573. The molecule has 0 bridgehead atoms. The Hall–Kier alpha value is -1.89. The Bertz CT molecular complexity index is 756. The Morgan fingerprint density at radius 2 is 2.26 bits per heavy atom. The van der Waals surface area contributed by atoms with Gasteiger partial charge in [0.2, 0.25) is 5.91 Å². The van der Waals surface area contributed by atoms with Crippen molar-refractivity contribution in [2.45, 2.75) is 51.2 Å². The van der Waals surface area contributed by atoms with Gasteiger partial charge in [-0.1, -0.05) is 6.07 Å². The van der Waals surface area contributed by atoms with Crippen LogP contribution in [0.4, 0.5) is 0 Å². The molecule has 122 valence electrons. The first kappa shape index (κ1) is 14.7. The molecule has 0 unspecified atom stereocenters. The summed E-state index contributed by atoms with van der Waals surface area (Å²) in [5, 5.41) is 6.07. The zero-order valence-corrected chi connectivity index (χ0v) is 13.8. The highest BCUT2D eigenvalue weighted by molar-refractivity contribution is 7.13. The van der Waals surface area contributed by atoms with Gasteiger partial charge in [0.05, 0.1) is 4.88 Å². The van der Waals surface area contributed by atoms with E-state index >= 15 is 0 Å². The highest BCUT2D eigenvalue weighted by Crippen LogP contribution is 2.39. The fraction of sp³-hybridized carbons (Fsp3) is 0.562. The Morgan fingerprint density at radius 1 is 1.48 bits per heavy atom. The SMILES string of the molecule is C[C@H](C1CC1)N(C(=O)Cn1nc(-c2cccs2)oc1=O)C1CC1. The molecule has 2 fully saturated rings. The monoisotopic (exact) mass is 333 g/mol. The Balaban J connectivity index is 1.52. The van der Waals surface area contributed by atoms with Gasteiger partial charge >= 0.3 is 5.76 Å². The van der Waals surface area contributed by atoms with Crippen molar-refractivity contribution in [1.82, 2.24) is 14.7 Å². The van der Waals surface area contributed by atoms with Crippen LogP contribution in [0.5, 0.6) is 0 Å². The fourth-order valence-electron chi connectivity index (χ4n) is 3.04. The van der Waals surface area contributed by atoms with Crippen LogP contribution < -0.4 is 5.76 Å². The van der Waals surface area contributed by atoms with Crippen molar-refractivity contribution in [2.24, 2.45) is 5.92 Å².